The maximum atomic E-state index is 2.42. The minimum Gasteiger partial charge on any atom is -0.310 e. The van der Waals surface area contributed by atoms with Crippen LogP contribution < -0.4 is 4.90 Å². The summed E-state index contributed by atoms with van der Waals surface area (Å²) in [6.07, 6.45) is 0. The molecule has 3 heteroatoms. The minimum atomic E-state index is 1.14. The van der Waals surface area contributed by atoms with Gasteiger partial charge in [-0.3, -0.25) is 0 Å². The van der Waals surface area contributed by atoms with Crippen molar-refractivity contribution in [1.82, 2.24) is 0 Å². The second-order valence-corrected chi connectivity index (χ2v) is 12.8. The highest BCUT2D eigenvalue weighted by atomic mass is 32.1. The normalized spacial score (nSPS) is 11.7. The van der Waals surface area contributed by atoms with Gasteiger partial charge < -0.3 is 4.90 Å². The second kappa shape index (κ2) is 9.81. The first-order valence-corrected chi connectivity index (χ1v) is 16.3. The van der Waals surface area contributed by atoms with E-state index in [1.165, 1.54) is 69.7 Å². The van der Waals surface area contributed by atoms with Gasteiger partial charge in [0.05, 0.1) is 5.69 Å². The monoisotopic (exact) mass is 583 g/mol. The molecule has 0 aliphatic carbocycles. The van der Waals surface area contributed by atoms with E-state index in [9.17, 15) is 0 Å². The van der Waals surface area contributed by atoms with Crippen molar-refractivity contribution < 1.29 is 0 Å². The van der Waals surface area contributed by atoms with Gasteiger partial charge in [0.15, 0.2) is 0 Å². The SMILES string of the molecule is c1csc(-c2ccc(N(c3ccc(-c4cccs4)cc3)c3ccc4c5cccc6cccc(c7cccc3c74)c65)cc2)c1. The van der Waals surface area contributed by atoms with Gasteiger partial charge in [0, 0.05) is 26.5 Å². The maximum absolute atomic E-state index is 2.42. The molecule has 0 aliphatic rings. The summed E-state index contributed by atoms with van der Waals surface area (Å²) < 4.78 is 0. The molecule has 0 aliphatic heterocycles. The van der Waals surface area contributed by atoms with Crippen LogP contribution in [0.25, 0.3) is 64.0 Å². The molecule has 0 unspecified atom stereocenters. The first-order chi connectivity index (χ1) is 21.3. The van der Waals surface area contributed by atoms with Crippen molar-refractivity contribution in [2.75, 3.05) is 4.90 Å². The molecule has 9 aromatic rings. The highest BCUT2D eigenvalue weighted by Crippen LogP contribution is 2.46. The molecule has 0 fully saturated rings. The summed E-state index contributed by atoms with van der Waals surface area (Å²) in [5.41, 5.74) is 5.95. The average Bonchev–Trinajstić information content (AvgIpc) is 3.81. The topological polar surface area (TPSA) is 3.24 Å². The van der Waals surface area contributed by atoms with E-state index in [1.807, 2.05) is 0 Å². The molecule has 0 saturated carbocycles. The lowest BCUT2D eigenvalue weighted by Gasteiger charge is -2.28. The molecule has 0 amide bonds. The highest BCUT2D eigenvalue weighted by Gasteiger charge is 2.20. The third-order valence-corrected chi connectivity index (χ3v) is 10.4. The Labute approximate surface area is 257 Å². The van der Waals surface area contributed by atoms with Crippen LogP contribution in [0.4, 0.5) is 17.1 Å². The number of fused-ring (bicyclic) bond motifs is 2. The van der Waals surface area contributed by atoms with Crippen molar-refractivity contribution in [3.63, 3.8) is 0 Å². The fraction of sp³-hybridized carbons (Fsp3) is 0. The Morgan fingerprint density at radius 3 is 1.40 bits per heavy atom. The van der Waals surface area contributed by atoms with E-state index in [1.54, 1.807) is 22.7 Å². The summed E-state index contributed by atoms with van der Waals surface area (Å²) >= 11 is 3.55. The van der Waals surface area contributed by atoms with Crippen LogP contribution in [0.5, 0.6) is 0 Å². The zero-order valence-electron chi connectivity index (χ0n) is 23.2. The molecular weight excluding hydrogens is 559 g/mol. The van der Waals surface area contributed by atoms with Crippen LogP contribution in [-0.4, -0.2) is 0 Å². The van der Waals surface area contributed by atoms with Gasteiger partial charge in [0.1, 0.15) is 0 Å². The summed E-state index contributed by atoms with van der Waals surface area (Å²) in [6.45, 7) is 0. The van der Waals surface area contributed by atoms with Gasteiger partial charge in [-0.2, -0.15) is 0 Å². The van der Waals surface area contributed by atoms with Gasteiger partial charge in [-0.15, -0.1) is 22.7 Å². The van der Waals surface area contributed by atoms with E-state index in [0.29, 0.717) is 0 Å². The second-order valence-electron chi connectivity index (χ2n) is 11.0. The molecule has 202 valence electrons. The summed E-state index contributed by atoms with van der Waals surface area (Å²) in [7, 11) is 0. The quantitative estimate of drug-likeness (QED) is 0.144. The smallest absolute Gasteiger partial charge is 0.0540 e. The standard InChI is InChI=1S/C40H25NS2/c1-6-28-7-2-9-32-34-22-23-36(35-11-3-10-33(40(34)35)31(8-1)39(28)32)41(29-18-14-26(15-19-29)37-12-4-24-42-37)30-20-16-27(17-21-30)38-13-5-25-43-38/h1-25H. The van der Waals surface area contributed by atoms with Gasteiger partial charge in [-0.1, -0.05) is 97.1 Å². The van der Waals surface area contributed by atoms with Crippen molar-refractivity contribution in [2.24, 2.45) is 0 Å². The molecule has 0 atom stereocenters. The number of hydrogen-bond acceptors (Lipinski definition) is 3. The third-order valence-electron chi connectivity index (χ3n) is 8.61. The molecule has 1 nitrogen and oxygen atoms in total. The molecule has 9 rings (SSSR count). The van der Waals surface area contributed by atoms with Crippen molar-refractivity contribution in [1.29, 1.82) is 0 Å². The van der Waals surface area contributed by atoms with E-state index in [-0.39, 0.29) is 0 Å². The van der Waals surface area contributed by atoms with E-state index < -0.39 is 0 Å². The Balaban J connectivity index is 1.29. The molecule has 2 heterocycles. The lowest BCUT2D eigenvalue weighted by Crippen LogP contribution is -2.10. The van der Waals surface area contributed by atoms with Gasteiger partial charge in [-0.05, 0) is 102 Å². The number of rotatable bonds is 5. The number of anilines is 3. The Morgan fingerprint density at radius 2 is 0.860 bits per heavy atom. The van der Waals surface area contributed by atoms with Crippen LogP contribution in [0.15, 0.2) is 150 Å². The summed E-state index contributed by atoms with van der Waals surface area (Å²) in [4.78, 5) is 4.99. The fourth-order valence-electron chi connectivity index (χ4n) is 6.69. The number of thiophene rings is 2. The molecule has 0 N–H and O–H groups in total. The summed E-state index contributed by atoms with van der Waals surface area (Å²) in [5, 5.41) is 14.7. The predicted molar refractivity (Wildman–Crippen MR) is 189 cm³/mol. The van der Waals surface area contributed by atoms with Crippen LogP contribution in [0, 0.1) is 0 Å². The largest absolute Gasteiger partial charge is 0.310 e. The number of nitrogens with zero attached hydrogens (tertiary/aromatic N) is 1. The number of hydrogen-bond donors (Lipinski definition) is 0. The van der Waals surface area contributed by atoms with E-state index >= 15 is 0 Å². The zero-order valence-corrected chi connectivity index (χ0v) is 24.8. The summed E-state index contributed by atoms with van der Waals surface area (Å²) in [6, 6.07) is 51.4. The average molecular weight is 584 g/mol. The lowest BCUT2D eigenvalue weighted by molar-refractivity contribution is 1.30. The van der Waals surface area contributed by atoms with Gasteiger partial charge >= 0.3 is 0 Å². The Morgan fingerprint density at radius 1 is 0.372 bits per heavy atom. The molecule has 0 radical (unpaired) electrons. The van der Waals surface area contributed by atoms with Crippen molar-refractivity contribution in [3.05, 3.63) is 150 Å². The highest BCUT2D eigenvalue weighted by molar-refractivity contribution is 7.13. The van der Waals surface area contributed by atoms with E-state index in [2.05, 4.69) is 155 Å². The van der Waals surface area contributed by atoms with Crippen LogP contribution >= 0.6 is 22.7 Å². The molecular formula is C40H25NS2. The first kappa shape index (κ1) is 24.6. The van der Waals surface area contributed by atoms with Crippen LogP contribution in [0.1, 0.15) is 0 Å². The molecule has 2 aromatic heterocycles. The molecule has 0 bridgehead atoms. The van der Waals surface area contributed by atoms with Crippen LogP contribution in [0.2, 0.25) is 0 Å². The third kappa shape index (κ3) is 3.90. The van der Waals surface area contributed by atoms with Gasteiger partial charge in [0.25, 0.3) is 0 Å². The fourth-order valence-corrected chi connectivity index (χ4v) is 8.15. The molecule has 43 heavy (non-hydrogen) atoms. The molecule has 0 saturated heterocycles. The number of benzene rings is 7. The van der Waals surface area contributed by atoms with Crippen LogP contribution in [-0.2, 0) is 0 Å². The van der Waals surface area contributed by atoms with Crippen molar-refractivity contribution >= 4 is 82.8 Å². The lowest BCUT2D eigenvalue weighted by atomic mass is 9.89. The van der Waals surface area contributed by atoms with E-state index in [0.717, 1.165) is 11.4 Å². The van der Waals surface area contributed by atoms with Gasteiger partial charge in [-0.25, -0.2) is 0 Å². The Bertz CT molecular complexity index is 2240. The minimum absolute atomic E-state index is 1.14. The maximum Gasteiger partial charge on any atom is 0.0540 e. The molecule has 7 aromatic carbocycles. The predicted octanol–water partition coefficient (Wildman–Crippen LogP) is 12.7. The van der Waals surface area contributed by atoms with Gasteiger partial charge in [0.2, 0.25) is 0 Å². The summed E-state index contributed by atoms with van der Waals surface area (Å²) in [5.74, 6) is 0. The van der Waals surface area contributed by atoms with Crippen molar-refractivity contribution in [3.8, 4) is 20.9 Å². The molecule has 0 spiro atoms. The van der Waals surface area contributed by atoms with E-state index in [4.69, 9.17) is 0 Å². The van der Waals surface area contributed by atoms with Crippen molar-refractivity contribution in [2.45, 2.75) is 0 Å². The zero-order chi connectivity index (χ0) is 28.3. The Kier molecular flexibility index (Phi) is 5.62. The Hall–Kier alpha value is -4.96. The first-order valence-electron chi connectivity index (χ1n) is 14.5. The van der Waals surface area contributed by atoms with Crippen LogP contribution in [0.3, 0.4) is 0 Å².